The molecule has 36 heavy (non-hydrogen) atoms. The highest BCUT2D eigenvalue weighted by Gasteiger charge is 2.05. The SMILES string of the molecule is C/C=C\C1=CCN(CC)CCC1.C=C.CC.CC.CCC.CCC.CCCC(C)CC.CCN(C)S. The maximum atomic E-state index is 3.93. The molecule has 1 unspecified atom stereocenters. The summed E-state index contributed by atoms with van der Waals surface area (Å²) in [7, 11) is 1.92. The van der Waals surface area contributed by atoms with Gasteiger partial charge in [-0.2, -0.15) is 0 Å². The predicted octanol–water partition coefficient (Wildman–Crippen LogP) is 11.9. The van der Waals surface area contributed by atoms with Crippen LogP contribution in [0.4, 0.5) is 0 Å². The molecule has 2 nitrogen and oxygen atoms in total. The number of thiol groups is 1. The van der Waals surface area contributed by atoms with Gasteiger partial charge in [-0.05, 0) is 45.8 Å². The molecule has 1 atom stereocenters. The van der Waals surface area contributed by atoms with E-state index in [0.29, 0.717) is 0 Å². The normalized spacial score (nSPS) is 12.5. The molecule has 3 heteroatoms. The first-order valence-corrected chi connectivity index (χ1v) is 15.6. The highest BCUT2D eigenvalue weighted by molar-refractivity contribution is 7.77. The van der Waals surface area contributed by atoms with Crippen LogP contribution in [0.5, 0.6) is 0 Å². The van der Waals surface area contributed by atoms with Crippen molar-refractivity contribution in [2.45, 2.75) is 142 Å². The predicted molar refractivity (Wildman–Crippen MR) is 182 cm³/mol. The zero-order valence-electron chi connectivity index (χ0n) is 28.3. The molecule has 224 valence electrons. The van der Waals surface area contributed by atoms with Gasteiger partial charge >= 0.3 is 0 Å². The molecule has 0 radical (unpaired) electrons. The van der Waals surface area contributed by atoms with Crippen LogP contribution < -0.4 is 0 Å². The van der Waals surface area contributed by atoms with Gasteiger partial charge in [0.15, 0.2) is 0 Å². The van der Waals surface area contributed by atoms with E-state index in [1.807, 2.05) is 46.0 Å². The molecule has 0 saturated heterocycles. The van der Waals surface area contributed by atoms with Crippen molar-refractivity contribution in [2.24, 2.45) is 5.92 Å². The van der Waals surface area contributed by atoms with E-state index < -0.39 is 0 Å². The van der Waals surface area contributed by atoms with Gasteiger partial charge in [0.1, 0.15) is 0 Å². The van der Waals surface area contributed by atoms with E-state index in [-0.39, 0.29) is 0 Å². The zero-order chi connectivity index (χ0) is 30.2. The molecular formula is C33H76N2S. The Bertz CT molecular complexity index is 350. The van der Waals surface area contributed by atoms with Crippen LogP contribution in [0.2, 0.25) is 0 Å². The second-order valence-electron chi connectivity index (χ2n) is 7.97. The highest BCUT2D eigenvalue weighted by Crippen LogP contribution is 2.12. The third-order valence-corrected chi connectivity index (χ3v) is 4.60. The molecule has 0 spiro atoms. The molecule has 0 bridgehead atoms. The first-order chi connectivity index (χ1) is 17.3. The second-order valence-corrected chi connectivity index (χ2v) is 8.65. The van der Waals surface area contributed by atoms with Gasteiger partial charge in [-0.3, -0.25) is 9.21 Å². The summed E-state index contributed by atoms with van der Waals surface area (Å²) in [4.78, 5) is 2.48. The lowest BCUT2D eigenvalue weighted by Gasteiger charge is -2.15. The fourth-order valence-electron chi connectivity index (χ4n) is 2.30. The van der Waals surface area contributed by atoms with Gasteiger partial charge in [0.05, 0.1) is 0 Å². The van der Waals surface area contributed by atoms with Crippen LogP contribution in [0.1, 0.15) is 142 Å². The summed E-state index contributed by atoms with van der Waals surface area (Å²) in [5.74, 6) is 0.949. The molecule has 0 aromatic rings. The maximum Gasteiger partial charge on any atom is 0.0168 e. The van der Waals surface area contributed by atoms with E-state index in [2.05, 4.69) is 111 Å². The Kier molecular flexibility index (Phi) is 86.0. The second kappa shape index (κ2) is 59.5. The molecule has 1 heterocycles. The van der Waals surface area contributed by atoms with Gasteiger partial charge in [-0.15, -0.1) is 13.2 Å². The van der Waals surface area contributed by atoms with Crippen molar-refractivity contribution in [3.63, 3.8) is 0 Å². The van der Waals surface area contributed by atoms with Crippen molar-refractivity contribution in [3.05, 3.63) is 37.0 Å². The molecule has 0 amide bonds. The van der Waals surface area contributed by atoms with Gasteiger partial charge in [0, 0.05) is 13.1 Å². The molecule has 0 N–H and O–H groups in total. The van der Waals surface area contributed by atoms with Crippen LogP contribution in [0.3, 0.4) is 0 Å². The van der Waals surface area contributed by atoms with Gasteiger partial charge in [-0.25, -0.2) is 0 Å². The fourth-order valence-corrected chi connectivity index (χ4v) is 2.30. The first kappa shape index (κ1) is 52.0. The number of nitrogens with zero attached hydrogens (tertiary/aromatic N) is 2. The minimum absolute atomic E-state index is 0.949. The summed E-state index contributed by atoms with van der Waals surface area (Å²) in [6.07, 6.45) is 15.9. The maximum absolute atomic E-state index is 3.93. The highest BCUT2D eigenvalue weighted by atomic mass is 32.1. The number of hydrogen-bond acceptors (Lipinski definition) is 3. The Morgan fingerprint density at radius 2 is 1.39 bits per heavy atom. The first-order valence-electron chi connectivity index (χ1n) is 15.2. The van der Waals surface area contributed by atoms with E-state index in [4.69, 9.17) is 0 Å². The molecular weight excluding hydrogens is 456 g/mol. The molecule has 0 saturated carbocycles. The van der Waals surface area contributed by atoms with E-state index in [1.54, 1.807) is 0 Å². The summed E-state index contributed by atoms with van der Waals surface area (Å²) >= 11 is 3.93. The average molecular weight is 533 g/mol. The van der Waals surface area contributed by atoms with Gasteiger partial charge in [0.2, 0.25) is 0 Å². The molecule has 1 aliphatic rings. The third-order valence-electron chi connectivity index (χ3n) is 4.32. The van der Waals surface area contributed by atoms with Gasteiger partial charge in [-0.1, -0.05) is 159 Å². The smallest absolute Gasteiger partial charge is 0.0168 e. The molecule has 1 aliphatic heterocycles. The van der Waals surface area contributed by atoms with Crippen molar-refractivity contribution in [3.8, 4) is 0 Å². The van der Waals surface area contributed by atoms with Crippen LogP contribution in [-0.4, -0.2) is 42.4 Å². The van der Waals surface area contributed by atoms with E-state index >= 15 is 0 Å². The Hall–Kier alpha value is -0.510. The van der Waals surface area contributed by atoms with E-state index in [0.717, 1.165) is 19.0 Å². The van der Waals surface area contributed by atoms with Crippen LogP contribution in [0.15, 0.2) is 37.0 Å². The van der Waals surface area contributed by atoms with Crippen LogP contribution in [0, 0.1) is 5.92 Å². The van der Waals surface area contributed by atoms with E-state index in [9.17, 15) is 0 Å². The van der Waals surface area contributed by atoms with E-state index in [1.165, 1.54) is 63.6 Å². The molecule has 0 aromatic carbocycles. The Morgan fingerprint density at radius 1 is 0.972 bits per heavy atom. The Labute approximate surface area is 239 Å². The van der Waals surface area contributed by atoms with Gasteiger partial charge < -0.3 is 0 Å². The molecule has 0 aromatic heterocycles. The topological polar surface area (TPSA) is 6.48 Å². The number of hydrogen-bond donors (Lipinski definition) is 1. The standard InChI is InChI=1S/C11H19N.C7H16.C3H9NS.2C3H8.2C2H6.C2H4/c1-3-6-11-7-5-9-12(4-2)10-8-11;1-4-6-7(3)5-2;1-3-4(2)5;2*1-3-2;3*1-2/h3,6,8H,4-5,7,9-10H2,1-2H3;7H,4-6H2,1-3H3;5H,3H2,1-2H3;2*3H2,1-2H3;2*1-2H3;1-2H2/b6-3-;;;;;;;. The van der Waals surface area contributed by atoms with Crippen molar-refractivity contribution < 1.29 is 0 Å². The van der Waals surface area contributed by atoms with Crippen molar-refractivity contribution in [1.82, 2.24) is 9.21 Å². The number of likely N-dealkylation sites (N-methyl/N-ethyl adjacent to an activating group) is 1. The lowest BCUT2D eigenvalue weighted by Crippen LogP contribution is -2.23. The monoisotopic (exact) mass is 533 g/mol. The van der Waals surface area contributed by atoms with Crippen molar-refractivity contribution in [1.29, 1.82) is 0 Å². The lowest BCUT2D eigenvalue weighted by molar-refractivity contribution is 0.321. The Morgan fingerprint density at radius 3 is 1.64 bits per heavy atom. The van der Waals surface area contributed by atoms with Crippen LogP contribution >= 0.6 is 12.8 Å². The van der Waals surface area contributed by atoms with Gasteiger partial charge in [0.25, 0.3) is 0 Å². The number of rotatable bonds is 6. The quantitative estimate of drug-likeness (QED) is 0.268. The third kappa shape index (κ3) is 69.9. The summed E-state index contributed by atoms with van der Waals surface area (Å²) in [6.45, 7) is 40.2. The number of allylic oxidation sites excluding steroid dienone is 3. The zero-order valence-corrected chi connectivity index (χ0v) is 29.2. The minimum Gasteiger partial charge on any atom is -0.300 e. The summed E-state index contributed by atoms with van der Waals surface area (Å²) in [5, 5.41) is 0. The van der Waals surface area contributed by atoms with Crippen LogP contribution in [-0.2, 0) is 0 Å². The van der Waals surface area contributed by atoms with Crippen molar-refractivity contribution >= 4 is 12.8 Å². The fraction of sp³-hybridized carbons (Fsp3) is 0.818. The molecule has 1 rings (SSSR count). The summed E-state index contributed by atoms with van der Waals surface area (Å²) < 4.78 is 1.82. The lowest BCUT2D eigenvalue weighted by atomic mass is 10.0. The Balaban J connectivity index is -0.0000000606. The molecule has 0 fully saturated rings. The summed E-state index contributed by atoms with van der Waals surface area (Å²) in [6, 6.07) is 0. The van der Waals surface area contributed by atoms with Crippen molar-refractivity contribution in [2.75, 3.05) is 33.2 Å². The largest absolute Gasteiger partial charge is 0.300 e. The van der Waals surface area contributed by atoms with Crippen LogP contribution in [0.25, 0.3) is 0 Å². The summed E-state index contributed by atoms with van der Waals surface area (Å²) in [5.41, 5.74) is 1.51. The average Bonchev–Trinajstić information content (AvgIpc) is 3.15. The minimum atomic E-state index is 0.949. The molecule has 0 aliphatic carbocycles.